The molecule has 2 aliphatic rings. The highest BCUT2D eigenvalue weighted by Gasteiger charge is 2.35. The second-order valence-electron chi connectivity index (χ2n) is 10.1. The van der Waals surface area contributed by atoms with E-state index in [1.165, 1.54) is 0 Å². The second-order valence-corrected chi connectivity index (χ2v) is 10.1. The molecule has 2 fully saturated rings. The highest BCUT2D eigenvalue weighted by molar-refractivity contribution is 5.94. The van der Waals surface area contributed by atoms with Crippen molar-refractivity contribution in [3.8, 4) is 0 Å². The van der Waals surface area contributed by atoms with Crippen LogP contribution >= 0.6 is 0 Å². The zero-order valence-corrected chi connectivity index (χ0v) is 20.7. The first-order valence-electron chi connectivity index (χ1n) is 12.5. The van der Waals surface area contributed by atoms with E-state index in [1.807, 2.05) is 48.2 Å². The minimum Gasteiger partial charge on any atom is -0.352 e. The first kappa shape index (κ1) is 24.3. The summed E-state index contributed by atoms with van der Waals surface area (Å²) < 4.78 is 0. The maximum atomic E-state index is 13.6. The molecule has 1 aromatic carbocycles. The third-order valence-corrected chi connectivity index (χ3v) is 7.39. The molecule has 7 nitrogen and oxygen atoms in total. The number of aromatic nitrogens is 2. The normalized spacial score (nSPS) is 20.7. The van der Waals surface area contributed by atoms with Gasteiger partial charge in [-0.05, 0) is 83.8 Å². The molecule has 2 amide bonds. The van der Waals surface area contributed by atoms with E-state index in [9.17, 15) is 9.59 Å². The molecule has 7 heteroatoms. The number of nitrogens with zero attached hydrogens (tertiary/aromatic N) is 4. The van der Waals surface area contributed by atoms with Crippen molar-refractivity contribution in [2.24, 2.45) is 0 Å². The lowest BCUT2D eigenvalue weighted by Gasteiger charge is -2.37. The lowest BCUT2D eigenvalue weighted by molar-refractivity contribution is 0.0594. The van der Waals surface area contributed by atoms with Gasteiger partial charge in [0.05, 0.1) is 0 Å². The molecule has 182 valence electrons. The molecule has 1 aromatic heterocycles. The quantitative estimate of drug-likeness (QED) is 0.708. The molecule has 0 saturated carbocycles. The van der Waals surface area contributed by atoms with Crippen LogP contribution in [-0.2, 0) is 5.41 Å². The Kier molecular flexibility index (Phi) is 7.61. The summed E-state index contributed by atoms with van der Waals surface area (Å²) in [5, 5.41) is 3.01. The molecule has 0 radical (unpaired) electrons. The summed E-state index contributed by atoms with van der Waals surface area (Å²) in [5.74, 6) is 0.715. The number of carbonyl (C=O) groups excluding carboxylic acids is 2. The fraction of sp³-hybridized carbons (Fsp3) is 0.556. The Labute approximate surface area is 203 Å². The summed E-state index contributed by atoms with van der Waals surface area (Å²) in [4.78, 5) is 39.9. The van der Waals surface area contributed by atoms with Crippen LogP contribution in [0.1, 0.15) is 77.8 Å². The SMILES string of the molecule is Cc1cc(C(=O)N2CCCC[C@@H]2CCNC(=O)c2ccccc2)nc(C2(C)CCN(C)CC2)n1. The van der Waals surface area contributed by atoms with Gasteiger partial charge >= 0.3 is 0 Å². The molecule has 0 unspecified atom stereocenters. The van der Waals surface area contributed by atoms with Crippen LogP contribution in [0.5, 0.6) is 0 Å². The topological polar surface area (TPSA) is 78.4 Å². The molecular formula is C27H37N5O2. The predicted octanol–water partition coefficient (Wildman–Crippen LogP) is 3.58. The third-order valence-electron chi connectivity index (χ3n) is 7.39. The average molecular weight is 464 g/mol. The molecule has 1 N–H and O–H groups in total. The molecule has 3 heterocycles. The Balaban J connectivity index is 1.44. The standard InChI is InChI=1S/C27H37N5O2/c1-20-19-23(30-26(29-20)27(2)13-17-31(3)18-14-27)25(34)32-16-8-7-11-22(32)12-15-28-24(33)21-9-5-4-6-10-21/h4-6,9-10,19,22H,7-8,11-18H2,1-3H3,(H,28,33)/t22-/m1/s1. The van der Waals surface area contributed by atoms with Gasteiger partial charge in [-0.2, -0.15) is 0 Å². The number of rotatable bonds is 6. The number of carbonyl (C=O) groups is 2. The van der Waals surface area contributed by atoms with Crippen LogP contribution in [0.2, 0.25) is 0 Å². The van der Waals surface area contributed by atoms with E-state index in [1.54, 1.807) is 0 Å². The molecule has 0 bridgehead atoms. The second kappa shape index (κ2) is 10.6. The van der Waals surface area contributed by atoms with Crippen LogP contribution in [0.15, 0.2) is 36.4 Å². The van der Waals surface area contributed by atoms with Crippen molar-refractivity contribution in [3.63, 3.8) is 0 Å². The van der Waals surface area contributed by atoms with Crippen molar-refractivity contribution in [2.45, 2.75) is 63.8 Å². The first-order chi connectivity index (χ1) is 16.4. The Bertz CT molecular complexity index is 1000. The van der Waals surface area contributed by atoms with Crippen LogP contribution in [-0.4, -0.2) is 70.9 Å². The predicted molar refractivity (Wildman–Crippen MR) is 133 cm³/mol. The first-order valence-corrected chi connectivity index (χ1v) is 12.5. The Morgan fingerprint density at radius 3 is 2.56 bits per heavy atom. The number of piperidine rings is 2. The van der Waals surface area contributed by atoms with E-state index < -0.39 is 0 Å². The van der Waals surface area contributed by atoms with Gasteiger partial charge in [-0.15, -0.1) is 0 Å². The zero-order chi connectivity index (χ0) is 24.1. The van der Waals surface area contributed by atoms with E-state index >= 15 is 0 Å². The van der Waals surface area contributed by atoms with Crippen molar-refractivity contribution in [1.82, 2.24) is 25.1 Å². The zero-order valence-electron chi connectivity index (χ0n) is 20.7. The van der Waals surface area contributed by atoms with E-state index in [4.69, 9.17) is 9.97 Å². The van der Waals surface area contributed by atoms with Gasteiger partial charge in [0.25, 0.3) is 11.8 Å². The van der Waals surface area contributed by atoms with Gasteiger partial charge in [0.1, 0.15) is 11.5 Å². The number of aryl methyl sites for hydroxylation is 1. The van der Waals surface area contributed by atoms with Crippen LogP contribution in [0.25, 0.3) is 0 Å². The average Bonchev–Trinajstić information content (AvgIpc) is 2.86. The van der Waals surface area contributed by atoms with Gasteiger partial charge in [0.2, 0.25) is 0 Å². The number of hydrogen-bond acceptors (Lipinski definition) is 5. The van der Waals surface area contributed by atoms with E-state index in [2.05, 4.69) is 24.2 Å². The number of benzene rings is 1. The lowest BCUT2D eigenvalue weighted by Crippen LogP contribution is -2.46. The van der Waals surface area contributed by atoms with E-state index in [-0.39, 0.29) is 23.3 Å². The Morgan fingerprint density at radius 2 is 1.82 bits per heavy atom. The largest absolute Gasteiger partial charge is 0.352 e. The van der Waals surface area contributed by atoms with Crippen molar-refractivity contribution in [2.75, 3.05) is 33.2 Å². The molecule has 0 spiro atoms. The maximum absolute atomic E-state index is 13.6. The summed E-state index contributed by atoms with van der Waals surface area (Å²) in [5.41, 5.74) is 1.90. The van der Waals surface area contributed by atoms with Crippen molar-refractivity contribution < 1.29 is 9.59 Å². The molecule has 2 saturated heterocycles. The van der Waals surface area contributed by atoms with Crippen LogP contribution in [0, 0.1) is 6.92 Å². The summed E-state index contributed by atoms with van der Waals surface area (Å²) in [6.07, 6.45) is 5.78. The van der Waals surface area contributed by atoms with Gasteiger partial charge in [0, 0.05) is 35.8 Å². The van der Waals surface area contributed by atoms with E-state index in [0.717, 1.165) is 69.7 Å². The smallest absolute Gasteiger partial charge is 0.272 e. The fourth-order valence-corrected chi connectivity index (χ4v) is 5.04. The summed E-state index contributed by atoms with van der Waals surface area (Å²) in [6.45, 7) is 7.48. The van der Waals surface area contributed by atoms with Crippen molar-refractivity contribution in [3.05, 3.63) is 59.2 Å². The number of likely N-dealkylation sites (tertiary alicyclic amines) is 2. The number of amides is 2. The third kappa shape index (κ3) is 5.63. The minimum absolute atomic E-state index is 0.0117. The van der Waals surface area contributed by atoms with Crippen LogP contribution < -0.4 is 5.32 Å². The molecule has 2 aromatic rings. The summed E-state index contributed by atoms with van der Waals surface area (Å²) in [7, 11) is 2.14. The molecule has 1 atom stereocenters. The molecular weight excluding hydrogens is 426 g/mol. The minimum atomic E-state index is -0.101. The highest BCUT2D eigenvalue weighted by atomic mass is 16.2. The molecule has 0 aliphatic carbocycles. The molecule has 4 rings (SSSR count). The highest BCUT2D eigenvalue weighted by Crippen LogP contribution is 2.33. The van der Waals surface area contributed by atoms with Crippen molar-refractivity contribution >= 4 is 11.8 Å². The van der Waals surface area contributed by atoms with Crippen LogP contribution in [0.4, 0.5) is 0 Å². The van der Waals surface area contributed by atoms with Gasteiger partial charge in [-0.3, -0.25) is 9.59 Å². The van der Waals surface area contributed by atoms with Gasteiger partial charge in [-0.1, -0.05) is 25.1 Å². The fourth-order valence-electron chi connectivity index (χ4n) is 5.04. The molecule has 34 heavy (non-hydrogen) atoms. The van der Waals surface area contributed by atoms with Gasteiger partial charge in [0.15, 0.2) is 0 Å². The molecule has 2 aliphatic heterocycles. The van der Waals surface area contributed by atoms with E-state index in [0.29, 0.717) is 17.8 Å². The Morgan fingerprint density at radius 1 is 1.09 bits per heavy atom. The van der Waals surface area contributed by atoms with Gasteiger partial charge < -0.3 is 15.1 Å². The lowest BCUT2D eigenvalue weighted by atomic mass is 9.79. The van der Waals surface area contributed by atoms with Crippen molar-refractivity contribution in [1.29, 1.82) is 0 Å². The monoisotopic (exact) mass is 463 g/mol. The van der Waals surface area contributed by atoms with Crippen LogP contribution in [0.3, 0.4) is 0 Å². The number of nitrogens with one attached hydrogen (secondary N) is 1. The van der Waals surface area contributed by atoms with Gasteiger partial charge in [-0.25, -0.2) is 9.97 Å². The summed E-state index contributed by atoms with van der Waals surface area (Å²) >= 11 is 0. The summed E-state index contributed by atoms with van der Waals surface area (Å²) in [6, 6.07) is 11.2. The Hall–Kier alpha value is -2.80. The maximum Gasteiger partial charge on any atom is 0.272 e. The number of hydrogen-bond donors (Lipinski definition) is 1.